The lowest BCUT2D eigenvalue weighted by Gasteiger charge is -2.08. The molecule has 0 aliphatic carbocycles. The quantitative estimate of drug-likeness (QED) is 0.469. The molecule has 0 atom stereocenters. The first-order chi connectivity index (χ1) is 13.7. The number of hydrogen-bond donors (Lipinski definition) is 2. The van der Waals surface area contributed by atoms with Crippen LogP contribution in [0.15, 0.2) is 78.9 Å². The van der Waals surface area contributed by atoms with Crippen molar-refractivity contribution < 1.29 is 4.79 Å². The van der Waals surface area contributed by atoms with E-state index in [1.54, 1.807) is 12.1 Å². The molecule has 138 valence electrons. The first-order valence-corrected chi connectivity index (χ1v) is 9.31. The van der Waals surface area contributed by atoms with Crippen LogP contribution >= 0.6 is 11.6 Å². The van der Waals surface area contributed by atoms with Crippen molar-refractivity contribution in [1.82, 2.24) is 15.3 Å². The summed E-state index contributed by atoms with van der Waals surface area (Å²) in [5, 5.41) is 3.63. The highest BCUT2D eigenvalue weighted by Gasteiger charge is 2.16. The molecule has 4 nitrogen and oxygen atoms in total. The Bertz CT molecular complexity index is 1100. The third kappa shape index (κ3) is 4.13. The molecular weight excluding hydrogens is 370 g/mol. The Kier molecular flexibility index (Phi) is 5.22. The Morgan fingerprint density at radius 3 is 2.43 bits per heavy atom. The van der Waals surface area contributed by atoms with Crippen molar-refractivity contribution in [3.05, 3.63) is 101 Å². The zero-order valence-electron chi connectivity index (χ0n) is 15.0. The van der Waals surface area contributed by atoms with E-state index in [-0.39, 0.29) is 5.91 Å². The Hall–Kier alpha value is -3.37. The normalized spacial score (nSPS) is 11.5. The molecule has 0 aliphatic heterocycles. The van der Waals surface area contributed by atoms with E-state index in [0.717, 1.165) is 22.2 Å². The van der Waals surface area contributed by atoms with Crippen LogP contribution in [0.4, 0.5) is 0 Å². The van der Waals surface area contributed by atoms with Crippen molar-refractivity contribution in [3.8, 4) is 0 Å². The molecule has 1 heterocycles. The summed E-state index contributed by atoms with van der Waals surface area (Å²) in [5.74, 6) is 0.333. The molecule has 0 saturated heterocycles. The van der Waals surface area contributed by atoms with E-state index in [4.69, 9.17) is 11.6 Å². The van der Waals surface area contributed by atoms with E-state index in [2.05, 4.69) is 15.3 Å². The van der Waals surface area contributed by atoms with E-state index in [1.165, 1.54) is 0 Å². The second-order valence-electron chi connectivity index (χ2n) is 6.38. The van der Waals surface area contributed by atoms with Crippen LogP contribution in [0.3, 0.4) is 0 Å². The molecular formula is C23H18ClN3O. The number of rotatable bonds is 5. The van der Waals surface area contributed by atoms with Gasteiger partial charge in [0.1, 0.15) is 5.82 Å². The number of aromatic amines is 1. The van der Waals surface area contributed by atoms with E-state index in [9.17, 15) is 4.79 Å². The van der Waals surface area contributed by atoms with Crippen molar-refractivity contribution in [2.75, 3.05) is 0 Å². The number of aromatic nitrogens is 2. The van der Waals surface area contributed by atoms with E-state index < -0.39 is 0 Å². The first-order valence-electron chi connectivity index (χ1n) is 8.93. The Labute approximate surface area is 167 Å². The number of para-hydroxylation sites is 2. The summed E-state index contributed by atoms with van der Waals surface area (Å²) < 4.78 is 0. The predicted molar refractivity (Wildman–Crippen MR) is 114 cm³/mol. The Balaban J connectivity index is 1.68. The van der Waals surface area contributed by atoms with Crippen LogP contribution < -0.4 is 5.32 Å². The molecule has 4 aromatic rings. The van der Waals surface area contributed by atoms with Gasteiger partial charge in [-0.3, -0.25) is 4.79 Å². The SMILES string of the molecule is O=C(NCc1ccccc1)/C(=C/c1ccc(Cl)cc1)c1nc2ccccc2[nH]1. The third-order valence-electron chi connectivity index (χ3n) is 4.37. The number of H-pyrrole nitrogens is 1. The number of nitrogens with one attached hydrogen (secondary N) is 2. The van der Waals surface area contributed by atoms with Gasteiger partial charge in [0.2, 0.25) is 0 Å². The van der Waals surface area contributed by atoms with Crippen molar-refractivity contribution >= 4 is 40.2 Å². The minimum Gasteiger partial charge on any atom is -0.348 e. The topological polar surface area (TPSA) is 57.8 Å². The van der Waals surface area contributed by atoms with Gasteiger partial charge in [0.25, 0.3) is 5.91 Å². The maximum Gasteiger partial charge on any atom is 0.255 e. The summed E-state index contributed by atoms with van der Waals surface area (Å²) in [4.78, 5) is 20.8. The Morgan fingerprint density at radius 1 is 0.964 bits per heavy atom. The molecule has 0 spiro atoms. The second-order valence-corrected chi connectivity index (χ2v) is 6.82. The number of fused-ring (bicyclic) bond motifs is 1. The van der Waals surface area contributed by atoms with Crippen molar-refractivity contribution in [1.29, 1.82) is 0 Å². The van der Waals surface area contributed by atoms with E-state index in [1.807, 2.05) is 72.8 Å². The fourth-order valence-corrected chi connectivity index (χ4v) is 3.05. The fraction of sp³-hybridized carbons (Fsp3) is 0.0435. The first kappa shape index (κ1) is 18.0. The van der Waals surface area contributed by atoms with Gasteiger partial charge in [-0.15, -0.1) is 0 Å². The van der Waals surface area contributed by atoms with Gasteiger partial charge in [-0.25, -0.2) is 4.98 Å². The van der Waals surface area contributed by atoms with Crippen LogP contribution in [0, 0.1) is 0 Å². The third-order valence-corrected chi connectivity index (χ3v) is 4.62. The molecule has 1 amide bonds. The molecule has 4 rings (SSSR count). The largest absolute Gasteiger partial charge is 0.348 e. The van der Waals surface area contributed by atoms with Gasteiger partial charge >= 0.3 is 0 Å². The second kappa shape index (κ2) is 8.11. The van der Waals surface area contributed by atoms with Crippen molar-refractivity contribution in [2.45, 2.75) is 6.54 Å². The standard InChI is InChI=1S/C23H18ClN3O/c24-18-12-10-16(11-13-18)14-19(22-26-20-8-4-5-9-21(20)27-22)23(28)25-15-17-6-2-1-3-7-17/h1-14H,15H2,(H,25,28)(H,26,27)/b19-14+. The molecule has 5 heteroatoms. The van der Waals surface area contributed by atoms with Crippen molar-refractivity contribution in [3.63, 3.8) is 0 Å². The van der Waals surface area contributed by atoms with Crippen LogP contribution in [0.25, 0.3) is 22.7 Å². The maximum atomic E-state index is 13.0. The van der Waals surface area contributed by atoms with Crippen LogP contribution in [-0.2, 0) is 11.3 Å². The summed E-state index contributed by atoms with van der Waals surface area (Å²) in [6.07, 6.45) is 1.81. The molecule has 2 N–H and O–H groups in total. The molecule has 0 radical (unpaired) electrons. The van der Waals surface area contributed by atoms with Crippen LogP contribution in [0.5, 0.6) is 0 Å². The molecule has 0 unspecified atom stereocenters. The molecule has 0 saturated carbocycles. The van der Waals surface area contributed by atoms with Gasteiger partial charge < -0.3 is 10.3 Å². The fourth-order valence-electron chi connectivity index (χ4n) is 2.92. The van der Waals surface area contributed by atoms with Gasteiger partial charge in [-0.05, 0) is 41.5 Å². The number of halogens is 1. The van der Waals surface area contributed by atoms with Gasteiger partial charge in [0, 0.05) is 11.6 Å². The molecule has 0 aliphatic rings. The average molecular weight is 388 g/mol. The number of carbonyl (C=O) groups is 1. The number of benzene rings is 3. The summed E-state index contributed by atoms with van der Waals surface area (Å²) in [6.45, 7) is 0.442. The molecule has 0 bridgehead atoms. The minimum atomic E-state index is -0.196. The van der Waals surface area contributed by atoms with Gasteiger partial charge in [-0.2, -0.15) is 0 Å². The lowest BCUT2D eigenvalue weighted by Crippen LogP contribution is -2.24. The van der Waals surface area contributed by atoms with Crippen LogP contribution in [-0.4, -0.2) is 15.9 Å². The molecule has 28 heavy (non-hydrogen) atoms. The molecule has 1 aromatic heterocycles. The number of hydrogen-bond acceptors (Lipinski definition) is 2. The zero-order valence-corrected chi connectivity index (χ0v) is 15.8. The van der Waals surface area contributed by atoms with Gasteiger partial charge in [-0.1, -0.05) is 66.2 Å². The summed E-state index contributed by atoms with van der Waals surface area (Å²) >= 11 is 5.98. The summed E-state index contributed by atoms with van der Waals surface area (Å²) in [7, 11) is 0. The molecule has 0 fully saturated rings. The Morgan fingerprint density at radius 2 is 1.68 bits per heavy atom. The van der Waals surface area contributed by atoms with Gasteiger partial charge in [0.05, 0.1) is 16.6 Å². The van der Waals surface area contributed by atoms with Crippen LogP contribution in [0.2, 0.25) is 5.02 Å². The number of nitrogens with zero attached hydrogens (tertiary/aromatic N) is 1. The van der Waals surface area contributed by atoms with Crippen molar-refractivity contribution in [2.24, 2.45) is 0 Å². The monoisotopic (exact) mass is 387 g/mol. The summed E-state index contributed by atoms with van der Waals surface area (Å²) in [5.41, 5.74) is 4.07. The predicted octanol–water partition coefficient (Wildman–Crippen LogP) is 5.07. The number of carbonyl (C=O) groups excluding carboxylic acids is 1. The van der Waals surface area contributed by atoms with Gasteiger partial charge in [0.15, 0.2) is 0 Å². The van der Waals surface area contributed by atoms with E-state index in [0.29, 0.717) is 23.0 Å². The maximum absolute atomic E-state index is 13.0. The number of imidazole rings is 1. The van der Waals surface area contributed by atoms with E-state index >= 15 is 0 Å². The summed E-state index contributed by atoms with van der Waals surface area (Å²) in [6, 6.07) is 24.8. The highest BCUT2D eigenvalue weighted by molar-refractivity contribution is 6.30. The molecule has 3 aromatic carbocycles. The zero-order chi connectivity index (χ0) is 19.3. The minimum absolute atomic E-state index is 0.196. The average Bonchev–Trinajstić information content (AvgIpc) is 3.16. The van der Waals surface area contributed by atoms with Crippen LogP contribution in [0.1, 0.15) is 17.0 Å². The lowest BCUT2D eigenvalue weighted by molar-refractivity contribution is -0.115. The lowest BCUT2D eigenvalue weighted by atomic mass is 10.1. The highest BCUT2D eigenvalue weighted by Crippen LogP contribution is 2.21. The highest BCUT2D eigenvalue weighted by atomic mass is 35.5. The number of amides is 1. The smallest absolute Gasteiger partial charge is 0.255 e.